The molecule has 0 saturated carbocycles. The van der Waals surface area contributed by atoms with Crippen molar-refractivity contribution < 1.29 is 14.4 Å². The van der Waals surface area contributed by atoms with Gasteiger partial charge in [0.25, 0.3) is 0 Å². The molecule has 2 N–H and O–H groups in total. The van der Waals surface area contributed by atoms with Gasteiger partial charge in [0.15, 0.2) is 0 Å². The molecule has 0 heterocycles. The van der Waals surface area contributed by atoms with Crippen molar-refractivity contribution in [3.63, 3.8) is 0 Å². The van der Waals surface area contributed by atoms with Crippen LogP contribution in [-0.4, -0.2) is 17.2 Å². The Labute approximate surface area is 93.1 Å². The molecule has 80 valence electrons. The van der Waals surface area contributed by atoms with E-state index in [-0.39, 0.29) is 5.46 Å². The summed E-state index contributed by atoms with van der Waals surface area (Å²) >= 11 is 0. The molecule has 2 nitrogen and oxygen atoms in total. The monoisotopic (exact) mass is 216 g/mol. The molecule has 16 heavy (non-hydrogen) atoms. The summed E-state index contributed by atoms with van der Waals surface area (Å²) in [5.41, 5.74) is 0.968. The number of halogens is 1. The van der Waals surface area contributed by atoms with E-state index in [0.29, 0.717) is 11.1 Å². The molecule has 4 heteroatoms. The van der Waals surface area contributed by atoms with E-state index < -0.39 is 12.9 Å². The number of benzene rings is 2. The molecule has 0 amide bonds. The Bertz CT molecular complexity index is 486. The third-order valence-electron chi connectivity index (χ3n) is 2.39. The van der Waals surface area contributed by atoms with E-state index in [1.54, 1.807) is 36.4 Å². The van der Waals surface area contributed by atoms with Crippen LogP contribution in [0.25, 0.3) is 11.1 Å². The molecule has 0 aliphatic rings. The standard InChI is InChI=1S/C12H10BFO2/c14-12-10(9-5-2-1-3-6-9)7-4-8-11(12)13(15)16/h1-8,15-16H. The van der Waals surface area contributed by atoms with Crippen molar-refractivity contribution in [2.75, 3.05) is 0 Å². The molecule has 0 bridgehead atoms. The van der Waals surface area contributed by atoms with E-state index in [1.165, 1.54) is 6.07 Å². The second-order valence-electron chi connectivity index (χ2n) is 3.45. The van der Waals surface area contributed by atoms with Crippen LogP contribution in [0.3, 0.4) is 0 Å². The van der Waals surface area contributed by atoms with Gasteiger partial charge in [0.2, 0.25) is 0 Å². The number of rotatable bonds is 2. The third kappa shape index (κ3) is 1.98. The molecule has 0 saturated heterocycles. The maximum Gasteiger partial charge on any atom is 0.491 e. The van der Waals surface area contributed by atoms with Gasteiger partial charge in [-0.25, -0.2) is 4.39 Å². The fraction of sp³-hybridized carbons (Fsp3) is 0. The van der Waals surface area contributed by atoms with Crippen LogP contribution >= 0.6 is 0 Å². The molecule has 0 spiro atoms. The van der Waals surface area contributed by atoms with Gasteiger partial charge in [-0.1, -0.05) is 48.5 Å². The number of hydrogen-bond donors (Lipinski definition) is 2. The molecule has 0 radical (unpaired) electrons. The van der Waals surface area contributed by atoms with Crippen molar-refractivity contribution in [1.82, 2.24) is 0 Å². The maximum atomic E-state index is 13.9. The van der Waals surface area contributed by atoms with E-state index in [9.17, 15) is 4.39 Å². The largest absolute Gasteiger partial charge is 0.491 e. The minimum absolute atomic E-state index is 0.110. The smallest absolute Gasteiger partial charge is 0.423 e. The minimum atomic E-state index is -1.79. The van der Waals surface area contributed by atoms with Gasteiger partial charge in [-0.2, -0.15) is 0 Å². The topological polar surface area (TPSA) is 40.5 Å². The van der Waals surface area contributed by atoms with Gasteiger partial charge in [0, 0.05) is 11.0 Å². The fourth-order valence-corrected chi connectivity index (χ4v) is 1.59. The lowest BCUT2D eigenvalue weighted by molar-refractivity contribution is 0.423. The lowest BCUT2D eigenvalue weighted by atomic mass is 9.78. The van der Waals surface area contributed by atoms with Crippen molar-refractivity contribution in [2.24, 2.45) is 0 Å². The van der Waals surface area contributed by atoms with E-state index in [4.69, 9.17) is 10.0 Å². The van der Waals surface area contributed by atoms with Crippen LogP contribution in [0.1, 0.15) is 0 Å². The average molecular weight is 216 g/mol. The Morgan fingerprint density at radius 2 is 1.56 bits per heavy atom. The molecule has 0 aliphatic carbocycles. The first-order chi connectivity index (χ1) is 7.70. The molecule has 2 aromatic carbocycles. The van der Waals surface area contributed by atoms with Crippen molar-refractivity contribution >= 4 is 12.6 Å². The Morgan fingerprint density at radius 1 is 0.875 bits per heavy atom. The van der Waals surface area contributed by atoms with Gasteiger partial charge in [0.05, 0.1) is 0 Å². The second kappa shape index (κ2) is 4.47. The highest BCUT2D eigenvalue weighted by molar-refractivity contribution is 6.58. The molecule has 0 atom stereocenters. The highest BCUT2D eigenvalue weighted by Crippen LogP contribution is 2.20. The van der Waals surface area contributed by atoms with Crippen LogP contribution < -0.4 is 5.46 Å². The zero-order valence-electron chi connectivity index (χ0n) is 8.47. The van der Waals surface area contributed by atoms with Crippen molar-refractivity contribution in [2.45, 2.75) is 0 Å². The summed E-state index contributed by atoms with van der Waals surface area (Å²) in [4.78, 5) is 0. The predicted octanol–water partition coefficient (Wildman–Crippen LogP) is 1.17. The molecule has 0 fully saturated rings. The summed E-state index contributed by atoms with van der Waals surface area (Å²) < 4.78 is 13.9. The first kappa shape index (κ1) is 10.9. The zero-order chi connectivity index (χ0) is 11.5. The van der Waals surface area contributed by atoms with Crippen LogP contribution in [0.5, 0.6) is 0 Å². The lowest BCUT2D eigenvalue weighted by Gasteiger charge is -2.07. The second-order valence-corrected chi connectivity index (χ2v) is 3.45. The maximum absolute atomic E-state index is 13.9. The quantitative estimate of drug-likeness (QED) is 0.739. The normalized spacial score (nSPS) is 10.2. The van der Waals surface area contributed by atoms with E-state index in [0.717, 1.165) is 0 Å². The van der Waals surface area contributed by atoms with E-state index in [2.05, 4.69) is 0 Å². The zero-order valence-corrected chi connectivity index (χ0v) is 8.47. The minimum Gasteiger partial charge on any atom is -0.423 e. The Kier molecular flexibility index (Phi) is 3.03. The molecule has 0 aliphatic heterocycles. The third-order valence-corrected chi connectivity index (χ3v) is 2.39. The van der Waals surface area contributed by atoms with Crippen LogP contribution in [-0.2, 0) is 0 Å². The molecule has 0 aromatic heterocycles. The Balaban J connectivity index is 2.55. The summed E-state index contributed by atoms with van der Waals surface area (Å²) in [5.74, 6) is -0.594. The summed E-state index contributed by atoms with van der Waals surface area (Å²) in [6, 6.07) is 13.5. The van der Waals surface area contributed by atoms with Gasteiger partial charge in [0.1, 0.15) is 5.82 Å². The summed E-state index contributed by atoms with van der Waals surface area (Å²) in [6.07, 6.45) is 0. The molecular weight excluding hydrogens is 206 g/mol. The van der Waals surface area contributed by atoms with Crippen LogP contribution in [0.15, 0.2) is 48.5 Å². The van der Waals surface area contributed by atoms with Gasteiger partial charge in [-0.3, -0.25) is 0 Å². The Hall–Kier alpha value is -1.65. The molecule has 2 rings (SSSR count). The first-order valence-corrected chi connectivity index (χ1v) is 4.90. The van der Waals surface area contributed by atoms with Crippen molar-refractivity contribution in [1.29, 1.82) is 0 Å². The predicted molar refractivity (Wildman–Crippen MR) is 61.7 cm³/mol. The molecule has 0 unspecified atom stereocenters. The van der Waals surface area contributed by atoms with E-state index >= 15 is 0 Å². The Morgan fingerprint density at radius 3 is 2.19 bits per heavy atom. The van der Waals surface area contributed by atoms with Gasteiger partial charge >= 0.3 is 7.12 Å². The summed E-state index contributed by atoms with van der Waals surface area (Å²) in [7, 11) is -1.79. The van der Waals surface area contributed by atoms with E-state index in [1.807, 2.05) is 6.07 Å². The summed E-state index contributed by atoms with van der Waals surface area (Å²) in [5, 5.41) is 18.0. The van der Waals surface area contributed by atoms with Gasteiger partial charge in [-0.15, -0.1) is 0 Å². The lowest BCUT2D eigenvalue weighted by Crippen LogP contribution is -2.32. The average Bonchev–Trinajstić information content (AvgIpc) is 2.30. The molecule has 2 aromatic rings. The SMILES string of the molecule is OB(O)c1cccc(-c2ccccc2)c1F. The van der Waals surface area contributed by atoms with Crippen molar-refractivity contribution in [3.8, 4) is 11.1 Å². The van der Waals surface area contributed by atoms with Crippen LogP contribution in [0.4, 0.5) is 4.39 Å². The fourth-order valence-electron chi connectivity index (χ4n) is 1.59. The van der Waals surface area contributed by atoms with Crippen LogP contribution in [0, 0.1) is 5.82 Å². The summed E-state index contributed by atoms with van der Waals surface area (Å²) in [6.45, 7) is 0. The highest BCUT2D eigenvalue weighted by atomic mass is 19.1. The van der Waals surface area contributed by atoms with Gasteiger partial charge < -0.3 is 10.0 Å². The van der Waals surface area contributed by atoms with Gasteiger partial charge in [-0.05, 0) is 5.56 Å². The highest BCUT2D eigenvalue weighted by Gasteiger charge is 2.18. The van der Waals surface area contributed by atoms with Crippen LogP contribution in [0.2, 0.25) is 0 Å². The number of hydrogen-bond acceptors (Lipinski definition) is 2. The van der Waals surface area contributed by atoms with Crippen molar-refractivity contribution in [3.05, 3.63) is 54.3 Å². The first-order valence-electron chi connectivity index (χ1n) is 4.90. The molecular formula is C12H10BFO2.